The number of hydrogen-bond donors (Lipinski definition) is 1. The van der Waals surface area contributed by atoms with Crippen molar-refractivity contribution in [1.82, 2.24) is 14.9 Å². The van der Waals surface area contributed by atoms with E-state index in [9.17, 15) is 4.79 Å². The van der Waals surface area contributed by atoms with Crippen molar-refractivity contribution in [3.05, 3.63) is 83.9 Å². The maximum absolute atomic E-state index is 12.7. The number of urea groups is 1. The van der Waals surface area contributed by atoms with Crippen molar-refractivity contribution >= 4 is 11.7 Å². The van der Waals surface area contributed by atoms with E-state index in [1.54, 1.807) is 12.5 Å². The Morgan fingerprint density at radius 2 is 2.04 bits per heavy atom. The van der Waals surface area contributed by atoms with Gasteiger partial charge in [0.25, 0.3) is 0 Å². The molecule has 0 saturated heterocycles. The van der Waals surface area contributed by atoms with Crippen molar-refractivity contribution in [2.75, 3.05) is 11.4 Å². The van der Waals surface area contributed by atoms with E-state index in [-0.39, 0.29) is 6.03 Å². The largest absolute Gasteiger partial charge is 0.334 e. The molecule has 5 heteroatoms. The first-order valence-electron chi connectivity index (χ1n) is 8.88. The SMILES string of the molecule is CC1CN(C(=O)NCc2cccc(Cn3ccnc3)c2)c2ccccc21. The highest BCUT2D eigenvalue weighted by Crippen LogP contribution is 2.35. The third kappa shape index (κ3) is 3.33. The van der Waals surface area contributed by atoms with Crippen LogP contribution in [0.2, 0.25) is 0 Å². The molecule has 1 aliphatic rings. The normalized spacial score (nSPS) is 15.7. The predicted octanol–water partition coefficient (Wildman–Crippen LogP) is 3.76. The first-order valence-corrected chi connectivity index (χ1v) is 8.88. The maximum atomic E-state index is 12.7. The van der Waals surface area contributed by atoms with Crippen LogP contribution in [0.15, 0.2) is 67.3 Å². The van der Waals surface area contributed by atoms with Crippen LogP contribution in [0.3, 0.4) is 0 Å². The maximum Gasteiger partial charge on any atom is 0.322 e. The van der Waals surface area contributed by atoms with E-state index >= 15 is 0 Å². The summed E-state index contributed by atoms with van der Waals surface area (Å²) in [6.07, 6.45) is 5.53. The Hall–Kier alpha value is -3.08. The molecule has 1 aliphatic heterocycles. The van der Waals surface area contributed by atoms with Crippen molar-refractivity contribution in [2.24, 2.45) is 0 Å². The second-order valence-corrected chi connectivity index (χ2v) is 6.78. The Morgan fingerprint density at radius 3 is 2.88 bits per heavy atom. The molecule has 2 aromatic carbocycles. The number of amides is 2. The van der Waals surface area contributed by atoms with Gasteiger partial charge in [0.15, 0.2) is 0 Å². The van der Waals surface area contributed by atoms with Gasteiger partial charge in [-0.05, 0) is 22.8 Å². The van der Waals surface area contributed by atoms with Gasteiger partial charge in [-0.15, -0.1) is 0 Å². The van der Waals surface area contributed by atoms with Gasteiger partial charge in [0.05, 0.1) is 6.33 Å². The number of carbonyl (C=O) groups excluding carboxylic acids is 1. The van der Waals surface area contributed by atoms with Gasteiger partial charge in [-0.2, -0.15) is 0 Å². The molecule has 0 fully saturated rings. The van der Waals surface area contributed by atoms with Crippen LogP contribution in [0.4, 0.5) is 10.5 Å². The summed E-state index contributed by atoms with van der Waals surface area (Å²) < 4.78 is 2.03. The van der Waals surface area contributed by atoms with Gasteiger partial charge in [-0.3, -0.25) is 4.90 Å². The van der Waals surface area contributed by atoms with Gasteiger partial charge in [0.2, 0.25) is 0 Å². The van der Waals surface area contributed by atoms with E-state index in [0.717, 1.165) is 24.3 Å². The number of benzene rings is 2. The number of imidazole rings is 1. The summed E-state index contributed by atoms with van der Waals surface area (Å²) >= 11 is 0. The Labute approximate surface area is 153 Å². The van der Waals surface area contributed by atoms with Gasteiger partial charge in [-0.1, -0.05) is 49.4 Å². The first kappa shape index (κ1) is 16.4. The summed E-state index contributed by atoms with van der Waals surface area (Å²) in [6.45, 7) is 4.18. The van der Waals surface area contributed by atoms with Crippen molar-refractivity contribution < 1.29 is 4.79 Å². The third-order valence-electron chi connectivity index (χ3n) is 4.82. The molecule has 1 aromatic heterocycles. The second-order valence-electron chi connectivity index (χ2n) is 6.78. The summed E-state index contributed by atoms with van der Waals surface area (Å²) in [5.74, 6) is 0.371. The highest BCUT2D eigenvalue weighted by molar-refractivity contribution is 5.94. The Bertz CT molecular complexity index is 904. The summed E-state index contributed by atoms with van der Waals surface area (Å²) in [5, 5.41) is 3.06. The van der Waals surface area contributed by atoms with Crippen LogP contribution in [-0.2, 0) is 13.1 Å². The number of nitrogens with one attached hydrogen (secondary N) is 1. The smallest absolute Gasteiger partial charge is 0.322 e. The van der Waals surface area contributed by atoms with E-state index in [1.165, 1.54) is 11.1 Å². The molecule has 1 N–H and O–H groups in total. The molecule has 0 radical (unpaired) electrons. The average molecular weight is 346 g/mol. The van der Waals surface area contributed by atoms with Gasteiger partial charge in [0.1, 0.15) is 0 Å². The highest BCUT2D eigenvalue weighted by atomic mass is 16.2. The molecular weight excluding hydrogens is 324 g/mol. The lowest BCUT2D eigenvalue weighted by Crippen LogP contribution is -2.38. The topological polar surface area (TPSA) is 50.2 Å². The number of rotatable bonds is 4. The molecule has 0 aliphatic carbocycles. The van der Waals surface area contributed by atoms with Crippen LogP contribution in [-0.4, -0.2) is 22.1 Å². The molecule has 3 aromatic rings. The molecule has 5 nitrogen and oxygen atoms in total. The molecule has 1 atom stereocenters. The number of anilines is 1. The van der Waals surface area contributed by atoms with Gasteiger partial charge in [-0.25, -0.2) is 9.78 Å². The van der Waals surface area contributed by atoms with Crippen molar-refractivity contribution in [3.63, 3.8) is 0 Å². The molecule has 4 rings (SSSR count). The molecule has 2 amide bonds. The van der Waals surface area contributed by atoms with Crippen LogP contribution in [0.25, 0.3) is 0 Å². The second kappa shape index (κ2) is 7.04. The number of para-hydroxylation sites is 1. The zero-order valence-electron chi connectivity index (χ0n) is 14.8. The van der Waals surface area contributed by atoms with Crippen LogP contribution in [0, 0.1) is 0 Å². The minimum Gasteiger partial charge on any atom is -0.334 e. The highest BCUT2D eigenvalue weighted by Gasteiger charge is 2.29. The Kier molecular flexibility index (Phi) is 4.44. The number of fused-ring (bicyclic) bond motifs is 1. The number of nitrogens with zero attached hydrogens (tertiary/aromatic N) is 3. The minimum atomic E-state index is -0.0400. The summed E-state index contributed by atoms with van der Waals surface area (Å²) in [7, 11) is 0. The first-order chi connectivity index (χ1) is 12.7. The lowest BCUT2D eigenvalue weighted by molar-refractivity contribution is 0.246. The van der Waals surface area contributed by atoms with Crippen LogP contribution in [0.5, 0.6) is 0 Å². The molecule has 1 unspecified atom stereocenters. The standard InChI is InChI=1S/C21H22N4O/c1-16-13-25(20-8-3-2-7-19(16)20)21(26)23-12-17-5-4-6-18(11-17)14-24-10-9-22-15-24/h2-11,15-16H,12-14H2,1H3,(H,23,26). The lowest BCUT2D eigenvalue weighted by atomic mass is 10.0. The van der Waals surface area contributed by atoms with E-state index in [2.05, 4.69) is 35.4 Å². The molecule has 0 bridgehead atoms. The molecule has 2 heterocycles. The number of hydrogen-bond acceptors (Lipinski definition) is 2. The summed E-state index contributed by atoms with van der Waals surface area (Å²) in [5.41, 5.74) is 4.54. The summed E-state index contributed by atoms with van der Waals surface area (Å²) in [6, 6.07) is 16.4. The fraction of sp³-hybridized carbons (Fsp3) is 0.238. The monoisotopic (exact) mass is 346 g/mol. The molecule has 0 spiro atoms. The fourth-order valence-electron chi connectivity index (χ4n) is 3.52. The summed E-state index contributed by atoms with van der Waals surface area (Å²) in [4.78, 5) is 18.6. The molecule has 0 saturated carbocycles. The minimum absolute atomic E-state index is 0.0400. The molecular formula is C21H22N4O. The molecule has 132 valence electrons. The average Bonchev–Trinajstić information content (AvgIpc) is 3.28. The number of aromatic nitrogens is 2. The third-order valence-corrected chi connectivity index (χ3v) is 4.82. The van der Waals surface area contributed by atoms with Crippen LogP contribution in [0.1, 0.15) is 29.5 Å². The zero-order valence-corrected chi connectivity index (χ0v) is 14.8. The Morgan fingerprint density at radius 1 is 1.19 bits per heavy atom. The lowest BCUT2D eigenvalue weighted by Gasteiger charge is -2.18. The van der Waals surface area contributed by atoms with Crippen molar-refractivity contribution in [2.45, 2.75) is 25.9 Å². The van der Waals surface area contributed by atoms with Gasteiger partial charge in [0, 0.05) is 43.6 Å². The fourth-order valence-corrected chi connectivity index (χ4v) is 3.52. The molecule has 26 heavy (non-hydrogen) atoms. The quantitative estimate of drug-likeness (QED) is 0.782. The zero-order chi connectivity index (χ0) is 17.9. The van der Waals surface area contributed by atoms with Crippen molar-refractivity contribution in [1.29, 1.82) is 0 Å². The number of carbonyl (C=O) groups is 1. The van der Waals surface area contributed by atoms with E-state index < -0.39 is 0 Å². The van der Waals surface area contributed by atoms with E-state index in [0.29, 0.717) is 12.5 Å². The van der Waals surface area contributed by atoms with Crippen LogP contribution >= 0.6 is 0 Å². The predicted molar refractivity (Wildman–Crippen MR) is 102 cm³/mol. The van der Waals surface area contributed by atoms with Crippen molar-refractivity contribution in [3.8, 4) is 0 Å². The van der Waals surface area contributed by atoms with Crippen LogP contribution < -0.4 is 10.2 Å². The van der Waals surface area contributed by atoms with E-state index in [1.807, 2.05) is 46.0 Å². The van der Waals surface area contributed by atoms with Gasteiger partial charge < -0.3 is 9.88 Å². The van der Waals surface area contributed by atoms with E-state index in [4.69, 9.17) is 0 Å². The van der Waals surface area contributed by atoms with Gasteiger partial charge >= 0.3 is 6.03 Å². The Balaban J connectivity index is 1.41.